The van der Waals surface area contributed by atoms with E-state index < -0.39 is 29.9 Å². The van der Waals surface area contributed by atoms with Gasteiger partial charge in [0.1, 0.15) is 12.1 Å². The molecular formula is C16H24N2O5. The first kappa shape index (κ1) is 18.7. The minimum Gasteiger partial charge on any atom is -0.467 e. The molecule has 0 aliphatic carbocycles. The highest BCUT2D eigenvalue weighted by Gasteiger charge is 2.31. The largest absolute Gasteiger partial charge is 0.467 e. The summed E-state index contributed by atoms with van der Waals surface area (Å²) in [7, 11) is 1.27. The van der Waals surface area contributed by atoms with E-state index in [1.54, 1.807) is 33.8 Å². The van der Waals surface area contributed by atoms with Gasteiger partial charge in [-0.3, -0.25) is 9.59 Å². The van der Waals surface area contributed by atoms with Crippen molar-refractivity contribution in [3.8, 4) is 0 Å². The van der Waals surface area contributed by atoms with E-state index in [-0.39, 0.29) is 17.6 Å². The van der Waals surface area contributed by atoms with Crippen LogP contribution < -0.4 is 10.6 Å². The van der Waals surface area contributed by atoms with Crippen molar-refractivity contribution >= 4 is 17.8 Å². The minimum absolute atomic E-state index is 0.122. The van der Waals surface area contributed by atoms with E-state index >= 15 is 0 Å². The third kappa shape index (κ3) is 5.12. The van der Waals surface area contributed by atoms with E-state index in [1.165, 1.54) is 19.4 Å². The van der Waals surface area contributed by atoms with Crippen molar-refractivity contribution in [1.82, 2.24) is 10.6 Å². The Morgan fingerprint density at radius 1 is 1.04 bits per heavy atom. The predicted octanol–water partition coefficient (Wildman–Crippen LogP) is 1.35. The molecule has 1 aromatic heterocycles. The molecule has 1 aromatic rings. The molecule has 1 heterocycles. The van der Waals surface area contributed by atoms with E-state index in [9.17, 15) is 14.4 Å². The van der Waals surface area contributed by atoms with Crippen LogP contribution in [0.3, 0.4) is 0 Å². The summed E-state index contributed by atoms with van der Waals surface area (Å²) < 4.78 is 9.71. The van der Waals surface area contributed by atoms with Gasteiger partial charge in [0.15, 0.2) is 5.76 Å². The van der Waals surface area contributed by atoms with Crippen LogP contribution >= 0.6 is 0 Å². The van der Waals surface area contributed by atoms with Gasteiger partial charge < -0.3 is 19.8 Å². The van der Waals surface area contributed by atoms with Crippen LogP contribution in [0.4, 0.5) is 0 Å². The summed E-state index contributed by atoms with van der Waals surface area (Å²) in [5.41, 5.74) is 0. The number of ether oxygens (including phenoxy) is 1. The van der Waals surface area contributed by atoms with E-state index in [1.807, 2.05) is 0 Å². The average molecular weight is 324 g/mol. The van der Waals surface area contributed by atoms with Gasteiger partial charge in [0.25, 0.3) is 5.91 Å². The average Bonchev–Trinajstić information content (AvgIpc) is 3.02. The van der Waals surface area contributed by atoms with Gasteiger partial charge in [0.05, 0.1) is 13.4 Å². The Morgan fingerprint density at radius 3 is 2.09 bits per heavy atom. The van der Waals surface area contributed by atoms with Crippen molar-refractivity contribution in [2.75, 3.05) is 7.11 Å². The molecule has 0 saturated carbocycles. The number of hydrogen-bond acceptors (Lipinski definition) is 5. The van der Waals surface area contributed by atoms with E-state index in [0.717, 1.165) is 0 Å². The first-order valence-corrected chi connectivity index (χ1v) is 7.50. The summed E-state index contributed by atoms with van der Waals surface area (Å²) in [5, 5.41) is 5.26. The number of amides is 2. The number of nitrogens with one attached hydrogen (secondary N) is 2. The molecule has 0 saturated heterocycles. The normalized spacial score (nSPS) is 13.5. The molecule has 0 aliphatic rings. The Labute approximate surface area is 135 Å². The maximum atomic E-state index is 12.5. The molecule has 0 radical (unpaired) electrons. The second-order valence-corrected chi connectivity index (χ2v) is 5.93. The Balaban J connectivity index is 2.82. The van der Waals surface area contributed by atoms with Crippen LogP contribution in [0.1, 0.15) is 38.2 Å². The zero-order valence-electron chi connectivity index (χ0n) is 14.1. The molecule has 0 spiro atoms. The molecule has 7 nitrogen and oxygen atoms in total. The molecule has 7 heteroatoms. The number of rotatable bonds is 7. The van der Waals surface area contributed by atoms with Crippen molar-refractivity contribution in [2.24, 2.45) is 11.8 Å². The third-order valence-corrected chi connectivity index (χ3v) is 3.40. The fraction of sp³-hybridized carbons (Fsp3) is 0.562. The van der Waals surface area contributed by atoms with E-state index in [2.05, 4.69) is 10.6 Å². The van der Waals surface area contributed by atoms with Crippen molar-refractivity contribution in [3.05, 3.63) is 24.2 Å². The van der Waals surface area contributed by atoms with Gasteiger partial charge in [-0.05, 0) is 24.0 Å². The van der Waals surface area contributed by atoms with Crippen molar-refractivity contribution in [3.63, 3.8) is 0 Å². The monoisotopic (exact) mass is 324 g/mol. The number of hydrogen-bond donors (Lipinski definition) is 2. The van der Waals surface area contributed by atoms with Crippen LogP contribution in [0.2, 0.25) is 0 Å². The lowest BCUT2D eigenvalue weighted by Crippen LogP contribution is -2.55. The third-order valence-electron chi connectivity index (χ3n) is 3.40. The summed E-state index contributed by atoms with van der Waals surface area (Å²) in [6.45, 7) is 7.20. The zero-order chi connectivity index (χ0) is 17.6. The van der Waals surface area contributed by atoms with E-state index in [4.69, 9.17) is 9.15 Å². The SMILES string of the molecule is COC(=O)[C@@H](NC(=O)[C@@H](NC(=O)c1ccco1)C(C)C)C(C)C. The Morgan fingerprint density at radius 2 is 1.65 bits per heavy atom. The van der Waals surface area contributed by atoms with Crippen LogP contribution in [0.5, 0.6) is 0 Å². The highest BCUT2D eigenvalue weighted by molar-refractivity contribution is 5.96. The first-order chi connectivity index (χ1) is 10.8. The number of carbonyl (C=O) groups is 3. The van der Waals surface area contributed by atoms with Crippen LogP contribution in [-0.4, -0.2) is 37.0 Å². The van der Waals surface area contributed by atoms with Crippen LogP contribution in [0.15, 0.2) is 22.8 Å². The maximum absolute atomic E-state index is 12.5. The molecule has 23 heavy (non-hydrogen) atoms. The molecule has 128 valence electrons. The molecular weight excluding hydrogens is 300 g/mol. The van der Waals surface area contributed by atoms with Crippen molar-refractivity contribution in [2.45, 2.75) is 39.8 Å². The Kier molecular flexibility index (Phi) is 6.81. The lowest BCUT2D eigenvalue weighted by atomic mass is 10.00. The zero-order valence-corrected chi connectivity index (χ0v) is 14.1. The fourth-order valence-electron chi connectivity index (χ4n) is 2.02. The topological polar surface area (TPSA) is 97.6 Å². The van der Waals surface area contributed by atoms with Gasteiger partial charge in [-0.15, -0.1) is 0 Å². The fourth-order valence-corrected chi connectivity index (χ4v) is 2.02. The molecule has 1 rings (SSSR count). The smallest absolute Gasteiger partial charge is 0.328 e. The predicted molar refractivity (Wildman–Crippen MR) is 83.6 cm³/mol. The molecule has 0 unspecified atom stereocenters. The van der Waals surface area contributed by atoms with Crippen LogP contribution in [0, 0.1) is 11.8 Å². The maximum Gasteiger partial charge on any atom is 0.328 e. The van der Waals surface area contributed by atoms with Gasteiger partial charge in [0, 0.05) is 0 Å². The van der Waals surface area contributed by atoms with Gasteiger partial charge in [-0.2, -0.15) is 0 Å². The molecule has 2 amide bonds. The number of methoxy groups -OCH3 is 1. The summed E-state index contributed by atoms with van der Waals surface area (Å²) in [6, 6.07) is 1.54. The Hall–Kier alpha value is -2.31. The highest BCUT2D eigenvalue weighted by atomic mass is 16.5. The summed E-state index contributed by atoms with van der Waals surface area (Å²) in [6.07, 6.45) is 1.38. The number of furan rings is 1. The standard InChI is InChI=1S/C16H24N2O5/c1-9(2)12(17-14(19)11-7-6-8-23-11)15(20)18-13(10(3)4)16(21)22-5/h6-10,12-13H,1-5H3,(H,17,19)(H,18,20)/t12-,13-/m0/s1. The van der Waals surface area contributed by atoms with Crippen LogP contribution in [-0.2, 0) is 14.3 Å². The summed E-state index contributed by atoms with van der Waals surface area (Å²) >= 11 is 0. The lowest BCUT2D eigenvalue weighted by Gasteiger charge is -2.25. The van der Waals surface area contributed by atoms with Crippen molar-refractivity contribution in [1.29, 1.82) is 0 Å². The first-order valence-electron chi connectivity index (χ1n) is 7.50. The molecule has 2 N–H and O–H groups in total. The molecule has 0 fully saturated rings. The Bertz CT molecular complexity index is 537. The van der Waals surface area contributed by atoms with Gasteiger partial charge >= 0.3 is 5.97 Å². The molecule has 0 aromatic carbocycles. The van der Waals surface area contributed by atoms with Crippen LogP contribution in [0.25, 0.3) is 0 Å². The van der Waals surface area contributed by atoms with E-state index in [0.29, 0.717) is 0 Å². The number of carbonyl (C=O) groups excluding carboxylic acids is 3. The van der Waals surface area contributed by atoms with Gasteiger partial charge in [0.2, 0.25) is 5.91 Å². The molecule has 2 atom stereocenters. The van der Waals surface area contributed by atoms with Gasteiger partial charge in [-0.25, -0.2) is 4.79 Å². The highest BCUT2D eigenvalue weighted by Crippen LogP contribution is 2.09. The number of esters is 1. The van der Waals surface area contributed by atoms with Crippen molar-refractivity contribution < 1.29 is 23.5 Å². The lowest BCUT2D eigenvalue weighted by molar-refractivity contribution is -0.146. The van der Waals surface area contributed by atoms with Gasteiger partial charge in [-0.1, -0.05) is 27.7 Å². The molecule has 0 aliphatic heterocycles. The minimum atomic E-state index is -0.793. The second kappa shape index (κ2) is 8.36. The quantitative estimate of drug-likeness (QED) is 0.738. The summed E-state index contributed by atoms with van der Waals surface area (Å²) in [4.78, 5) is 36.3. The summed E-state index contributed by atoms with van der Waals surface area (Å²) in [5.74, 6) is -1.63. The second-order valence-electron chi connectivity index (χ2n) is 5.93. The molecule has 0 bridgehead atoms.